The van der Waals surface area contributed by atoms with Gasteiger partial charge >= 0.3 is 0 Å². The Labute approximate surface area is 165 Å². The molecule has 2 amide bonds. The van der Waals surface area contributed by atoms with E-state index in [1.165, 1.54) is 12.1 Å². The number of benzene rings is 1. The number of carbonyl (C=O) groups is 2. The van der Waals surface area contributed by atoms with Gasteiger partial charge in [-0.3, -0.25) is 9.59 Å². The van der Waals surface area contributed by atoms with Crippen LogP contribution in [0.1, 0.15) is 22.5 Å². The summed E-state index contributed by atoms with van der Waals surface area (Å²) >= 11 is 5.89. The van der Waals surface area contributed by atoms with Crippen molar-refractivity contribution in [3.05, 3.63) is 64.8 Å². The van der Waals surface area contributed by atoms with Gasteiger partial charge in [0.15, 0.2) is 0 Å². The van der Waals surface area contributed by atoms with E-state index in [2.05, 4.69) is 15.3 Å². The maximum absolute atomic E-state index is 13.2. The van der Waals surface area contributed by atoms with E-state index in [1.807, 2.05) is 0 Å². The molecule has 2 N–H and O–H groups in total. The van der Waals surface area contributed by atoms with Gasteiger partial charge in [-0.05, 0) is 36.2 Å². The molecule has 0 unspecified atom stereocenters. The summed E-state index contributed by atoms with van der Waals surface area (Å²) in [5.41, 5.74) is 1.77. The second-order valence-corrected chi connectivity index (χ2v) is 7.20. The van der Waals surface area contributed by atoms with Crippen molar-refractivity contribution in [3.63, 3.8) is 0 Å². The van der Waals surface area contributed by atoms with Crippen LogP contribution in [0.15, 0.2) is 42.6 Å². The lowest BCUT2D eigenvalue weighted by Crippen LogP contribution is -2.53. The Morgan fingerprint density at radius 3 is 2.68 bits per heavy atom. The van der Waals surface area contributed by atoms with Gasteiger partial charge in [0.05, 0.1) is 11.7 Å². The SMILES string of the molecule is O=C(N[C@@H](Cc1ccc(F)cc1)C(=O)N1CCC1)c1cc2cc(Cl)ncc2[nH]1. The number of aromatic nitrogens is 2. The second-order valence-electron chi connectivity index (χ2n) is 6.81. The fourth-order valence-corrected chi connectivity index (χ4v) is 3.34. The Hall–Kier alpha value is -2.93. The van der Waals surface area contributed by atoms with Gasteiger partial charge in [0.25, 0.3) is 5.91 Å². The predicted molar refractivity (Wildman–Crippen MR) is 104 cm³/mol. The molecule has 3 heterocycles. The molecule has 4 rings (SSSR count). The molecule has 28 heavy (non-hydrogen) atoms. The lowest BCUT2D eigenvalue weighted by Gasteiger charge is -2.34. The number of amides is 2. The minimum Gasteiger partial charge on any atom is -0.349 e. The van der Waals surface area contributed by atoms with Gasteiger partial charge in [-0.25, -0.2) is 9.37 Å². The summed E-state index contributed by atoms with van der Waals surface area (Å²) in [6.45, 7) is 1.37. The highest BCUT2D eigenvalue weighted by molar-refractivity contribution is 6.30. The molecule has 1 aliphatic heterocycles. The first kappa shape index (κ1) is 18.4. The van der Waals surface area contributed by atoms with Gasteiger partial charge in [0, 0.05) is 24.9 Å². The Bertz CT molecular complexity index is 1030. The molecule has 0 spiro atoms. The topological polar surface area (TPSA) is 78.1 Å². The zero-order chi connectivity index (χ0) is 19.7. The van der Waals surface area contributed by atoms with Crippen LogP contribution < -0.4 is 5.32 Å². The summed E-state index contributed by atoms with van der Waals surface area (Å²) in [6.07, 6.45) is 2.80. The average Bonchev–Trinajstić information content (AvgIpc) is 3.04. The number of halogens is 2. The van der Waals surface area contributed by atoms with Crippen molar-refractivity contribution >= 4 is 34.3 Å². The molecular formula is C20H18ClFN4O2. The van der Waals surface area contributed by atoms with E-state index in [0.29, 0.717) is 29.5 Å². The number of hydrogen-bond acceptors (Lipinski definition) is 3. The van der Waals surface area contributed by atoms with Gasteiger partial charge < -0.3 is 15.2 Å². The lowest BCUT2D eigenvalue weighted by atomic mass is 10.0. The molecule has 0 radical (unpaired) electrons. The summed E-state index contributed by atoms with van der Waals surface area (Å²) < 4.78 is 13.2. The second kappa shape index (κ2) is 7.59. The van der Waals surface area contributed by atoms with Crippen LogP contribution in [0, 0.1) is 5.82 Å². The third-order valence-electron chi connectivity index (χ3n) is 4.84. The molecule has 0 saturated carbocycles. The number of rotatable bonds is 5. The van der Waals surface area contributed by atoms with E-state index in [1.54, 1.807) is 35.4 Å². The highest BCUT2D eigenvalue weighted by Crippen LogP contribution is 2.18. The Morgan fingerprint density at radius 2 is 2.00 bits per heavy atom. The van der Waals surface area contributed by atoms with Crippen molar-refractivity contribution in [1.82, 2.24) is 20.2 Å². The summed E-state index contributed by atoms with van der Waals surface area (Å²) in [5.74, 6) is -0.873. The van der Waals surface area contributed by atoms with Crippen molar-refractivity contribution in [3.8, 4) is 0 Å². The Kier molecular flexibility index (Phi) is 5.00. The molecule has 1 aliphatic rings. The van der Waals surface area contributed by atoms with Gasteiger partial charge in [-0.1, -0.05) is 23.7 Å². The zero-order valence-corrected chi connectivity index (χ0v) is 15.7. The van der Waals surface area contributed by atoms with E-state index in [4.69, 9.17) is 11.6 Å². The maximum Gasteiger partial charge on any atom is 0.268 e. The lowest BCUT2D eigenvalue weighted by molar-refractivity contribution is -0.136. The number of nitrogens with zero attached hydrogens (tertiary/aromatic N) is 2. The molecule has 0 bridgehead atoms. The van der Waals surface area contributed by atoms with E-state index in [-0.39, 0.29) is 18.1 Å². The van der Waals surface area contributed by atoms with E-state index in [0.717, 1.165) is 17.4 Å². The average molecular weight is 401 g/mol. The van der Waals surface area contributed by atoms with Crippen LogP contribution in [0.3, 0.4) is 0 Å². The summed E-state index contributed by atoms with van der Waals surface area (Å²) in [6, 6.07) is 8.52. The molecule has 144 valence electrons. The van der Waals surface area contributed by atoms with Crippen LogP contribution in [0.4, 0.5) is 4.39 Å². The summed E-state index contributed by atoms with van der Waals surface area (Å²) in [7, 11) is 0. The number of aromatic amines is 1. The smallest absolute Gasteiger partial charge is 0.268 e. The fraction of sp³-hybridized carbons (Fsp3) is 0.250. The molecule has 1 aromatic carbocycles. The predicted octanol–water partition coefficient (Wildman–Crippen LogP) is 2.93. The first-order valence-electron chi connectivity index (χ1n) is 8.98. The summed E-state index contributed by atoms with van der Waals surface area (Å²) in [4.78, 5) is 34.2. The van der Waals surface area contributed by atoms with Gasteiger partial charge in [-0.2, -0.15) is 0 Å². The number of hydrogen-bond donors (Lipinski definition) is 2. The molecule has 1 saturated heterocycles. The molecule has 6 nitrogen and oxygen atoms in total. The van der Waals surface area contributed by atoms with Crippen molar-refractivity contribution in [2.75, 3.05) is 13.1 Å². The number of fused-ring (bicyclic) bond motifs is 1. The van der Waals surface area contributed by atoms with Crippen molar-refractivity contribution < 1.29 is 14.0 Å². The number of nitrogens with one attached hydrogen (secondary N) is 2. The maximum atomic E-state index is 13.2. The third-order valence-corrected chi connectivity index (χ3v) is 5.05. The molecule has 1 fully saturated rings. The Morgan fingerprint density at radius 1 is 1.25 bits per heavy atom. The van der Waals surface area contributed by atoms with Crippen LogP contribution in [0.5, 0.6) is 0 Å². The van der Waals surface area contributed by atoms with Gasteiger partial charge in [0.1, 0.15) is 22.7 Å². The largest absolute Gasteiger partial charge is 0.349 e. The van der Waals surface area contributed by atoms with Crippen molar-refractivity contribution in [1.29, 1.82) is 0 Å². The molecule has 2 aromatic heterocycles. The Balaban J connectivity index is 1.55. The monoisotopic (exact) mass is 400 g/mol. The van der Waals surface area contributed by atoms with Crippen LogP contribution >= 0.6 is 11.6 Å². The zero-order valence-electron chi connectivity index (χ0n) is 14.9. The number of likely N-dealkylation sites (tertiary alicyclic amines) is 1. The van der Waals surface area contributed by atoms with E-state index in [9.17, 15) is 14.0 Å². The van der Waals surface area contributed by atoms with Gasteiger partial charge in [0.2, 0.25) is 5.91 Å². The highest BCUT2D eigenvalue weighted by Gasteiger charge is 2.30. The minimum absolute atomic E-state index is 0.134. The van der Waals surface area contributed by atoms with E-state index < -0.39 is 11.9 Å². The van der Waals surface area contributed by atoms with E-state index >= 15 is 0 Å². The van der Waals surface area contributed by atoms with Crippen LogP contribution in [0.2, 0.25) is 5.15 Å². The number of carbonyl (C=O) groups excluding carboxylic acids is 2. The van der Waals surface area contributed by atoms with Gasteiger partial charge in [-0.15, -0.1) is 0 Å². The van der Waals surface area contributed by atoms with Crippen LogP contribution in [-0.2, 0) is 11.2 Å². The third kappa shape index (κ3) is 3.84. The first-order chi connectivity index (χ1) is 13.5. The summed E-state index contributed by atoms with van der Waals surface area (Å²) in [5, 5.41) is 3.90. The quantitative estimate of drug-likeness (QED) is 0.646. The number of pyridine rings is 1. The number of H-pyrrole nitrogens is 1. The van der Waals surface area contributed by atoms with Crippen molar-refractivity contribution in [2.24, 2.45) is 0 Å². The highest BCUT2D eigenvalue weighted by atomic mass is 35.5. The fourth-order valence-electron chi connectivity index (χ4n) is 3.18. The standard InChI is InChI=1S/C20H18ClFN4O2/c21-18-10-13-9-15(24-17(13)11-23-18)19(27)25-16(20(28)26-6-1-7-26)8-12-2-4-14(22)5-3-12/h2-5,9-11,16,24H,1,6-8H2,(H,25,27)/t16-/m0/s1. The molecule has 1 atom stereocenters. The van der Waals surface area contributed by atoms with Crippen molar-refractivity contribution in [2.45, 2.75) is 18.9 Å². The first-order valence-corrected chi connectivity index (χ1v) is 9.36. The molecule has 3 aromatic rings. The molecule has 0 aliphatic carbocycles. The van der Waals surface area contributed by atoms with Crippen LogP contribution in [0.25, 0.3) is 10.9 Å². The molecular weight excluding hydrogens is 383 g/mol. The van der Waals surface area contributed by atoms with Crippen LogP contribution in [-0.4, -0.2) is 45.8 Å². The molecule has 8 heteroatoms. The normalized spacial score (nSPS) is 14.6. The minimum atomic E-state index is -0.730.